The Bertz CT molecular complexity index is 588. The van der Waals surface area contributed by atoms with Gasteiger partial charge in [0, 0.05) is 11.4 Å². The van der Waals surface area contributed by atoms with Crippen LogP contribution in [0.2, 0.25) is 0 Å². The summed E-state index contributed by atoms with van der Waals surface area (Å²) in [6.45, 7) is 4.08. The third kappa shape index (κ3) is 3.58. The zero-order valence-corrected chi connectivity index (χ0v) is 11.2. The SMILES string of the molecule is Cc1ccc(NC(=O)Cc2ccc(N)cc2)cc1C. The van der Waals surface area contributed by atoms with Crippen LogP contribution in [-0.4, -0.2) is 5.91 Å². The second-order valence-electron chi connectivity index (χ2n) is 4.77. The van der Waals surface area contributed by atoms with Crippen molar-refractivity contribution >= 4 is 17.3 Å². The van der Waals surface area contributed by atoms with E-state index < -0.39 is 0 Å². The molecule has 3 N–H and O–H groups in total. The van der Waals surface area contributed by atoms with Crippen molar-refractivity contribution in [2.45, 2.75) is 20.3 Å². The summed E-state index contributed by atoms with van der Waals surface area (Å²) in [4.78, 5) is 11.9. The predicted octanol–water partition coefficient (Wildman–Crippen LogP) is 3.07. The van der Waals surface area contributed by atoms with Gasteiger partial charge in [-0.2, -0.15) is 0 Å². The van der Waals surface area contributed by atoms with Crippen molar-refractivity contribution in [2.24, 2.45) is 0 Å². The predicted molar refractivity (Wildman–Crippen MR) is 79.1 cm³/mol. The molecule has 0 atom stereocenters. The third-order valence-electron chi connectivity index (χ3n) is 3.14. The van der Waals surface area contributed by atoms with E-state index in [0.29, 0.717) is 12.1 Å². The van der Waals surface area contributed by atoms with Gasteiger partial charge < -0.3 is 11.1 Å². The van der Waals surface area contributed by atoms with Gasteiger partial charge in [0.1, 0.15) is 0 Å². The Morgan fingerprint density at radius 1 is 1.05 bits per heavy atom. The average molecular weight is 254 g/mol. The first kappa shape index (κ1) is 13.1. The fourth-order valence-electron chi connectivity index (χ4n) is 1.85. The lowest BCUT2D eigenvalue weighted by Crippen LogP contribution is -2.14. The monoisotopic (exact) mass is 254 g/mol. The highest BCUT2D eigenvalue weighted by Crippen LogP contribution is 2.14. The number of rotatable bonds is 3. The van der Waals surface area contributed by atoms with Gasteiger partial charge in [-0.25, -0.2) is 0 Å². The minimum absolute atomic E-state index is 0.0203. The molecule has 19 heavy (non-hydrogen) atoms. The third-order valence-corrected chi connectivity index (χ3v) is 3.14. The summed E-state index contributed by atoms with van der Waals surface area (Å²) in [7, 11) is 0. The van der Waals surface area contributed by atoms with Crippen LogP contribution in [-0.2, 0) is 11.2 Å². The molecule has 0 aliphatic heterocycles. The number of benzene rings is 2. The quantitative estimate of drug-likeness (QED) is 0.827. The van der Waals surface area contributed by atoms with Gasteiger partial charge in [-0.3, -0.25) is 4.79 Å². The number of hydrogen-bond donors (Lipinski definition) is 2. The minimum Gasteiger partial charge on any atom is -0.399 e. The Balaban J connectivity index is 2.01. The number of hydrogen-bond acceptors (Lipinski definition) is 2. The molecule has 0 aliphatic rings. The molecular weight excluding hydrogens is 236 g/mol. The largest absolute Gasteiger partial charge is 0.399 e. The molecule has 0 unspecified atom stereocenters. The fourth-order valence-corrected chi connectivity index (χ4v) is 1.85. The van der Waals surface area contributed by atoms with E-state index in [4.69, 9.17) is 5.73 Å². The van der Waals surface area contributed by atoms with Crippen LogP contribution >= 0.6 is 0 Å². The van der Waals surface area contributed by atoms with Gasteiger partial charge in [-0.15, -0.1) is 0 Å². The van der Waals surface area contributed by atoms with Crippen LogP contribution in [0.4, 0.5) is 11.4 Å². The summed E-state index contributed by atoms with van der Waals surface area (Å²) in [5.74, 6) is -0.0203. The number of nitrogens with one attached hydrogen (secondary N) is 1. The zero-order valence-electron chi connectivity index (χ0n) is 11.2. The highest BCUT2D eigenvalue weighted by molar-refractivity contribution is 5.92. The Morgan fingerprint density at radius 2 is 1.74 bits per heavy atom. The van der Waals surface area contributed by atoms with Crippen molar-refractivity contribution in [1.82, 2.24) is 0 Å². The summed E-state index contributed by atoms with van der Waals surface area (Å²) in [5, 5.41) is 2.90. The summed E-state index contributed by atoms with van der Waals surface area (Å²) < 4.78 is 0. The lowest BCUT2D eigenvalue weighted by atomic mass is 10.1. The van der Waals surface area contributed by atoms with Crippen molar-refractivity contribution in [2.75, 3.05) is 11.1 Å². The highest BCUT2D eigenvalue weighted by atomic mass is 16.1. The maximum Gasteiger partial charge on any atom is 0.228 e. The van der Waals surface area contributed by atoms with Gasteiger partial charge in [-0.1, -0.05) is 18.2 Å². The van der Waals surface area contributed by atoms with E-state index in [9.17, 15) is 4.79 Å². The minimum atomic E-state index is -0.0203. The van der Waals surface area contributed by atoms with Crippen LogP contribution in [0.3, 0.4) is 0 Å². The Hall–Kier alpha value is -2.29. The molecule has 3 nitrogen and oxygen atoms in total. The van der Waals surface area contributed by atoms with E-state index in [0.717, 1.165) is 11.3 Å². The number of anilines is 2. The molecule has 0 aromatic heterocycles. The summed E-state index contributed by atoms with van der Waals surface area (Å²) in [5.41, 5.74) is 10.5. The first-order chi connectivity index (χ1) is 9.04. The van der Waals surface area contributed by atoms with Crippen LogP contribution < -0.4 is 11.1 Å². The lowest BCUT2D eigenvalue weighted by molar-refractivity contribution is -0.115. The number of carbonyl (C=O) groups excluding carboxylic acids is 1. The molecule has 0 fully saturated rings. The summed E-state index contributed by atoms with van der Waals surface area (Å²) in [6, 6.07) is 13.3. The molecule has 98 valence electrons. The normalized spacial score (nSPS) is 10.2. The van der Waals surface area contributed by atoms with Gasteiger partial charge in [-0.05, 0) is 54.8 Å². The number of nitrogens with two attached hydrogens (primary N) is 1. The topological polar surface area (TPSA) is 55.1 Å². The molecule has 2 aromatic rings. The summed E-state index contributed by atoms with van der Waals surface area (Å²) in [6.07, 6.45) is 0.354. The van der Waals surface area contributed by atoms with Crippen molar-refractivity contribution in [3.63, 3.8) is 0 Å². The van der Waals surface area contributed by atoms with E-state index in [1.165, 1.54) is 11.1 Å². The van der Waals surface area contributed by atoms with Crippen LogP contribution in [0.5, 0.6) is 0 Å². The van der Waals surface area contributed by atoms with Crippen LogP contribution in [0.25, 0.3) is 0 Å². The standard InChI is InChI=1S/C16H18N2O/c1-11-3-8-15(9-12(11)2)18-16(19)10-13-4-6-14(17)7-5-13/h3-9H,10,17H2,1-2H3,(H,18,19). The molecule has 0 radical (unpaired) electrons. The molecule has 2 aromatic carbocycles. The second-order valence-corrected chi connectivity index (χ2v) is 4.77. The van der Waals surface area contributed by atoms with Crippen molar-refractivity contribution in [3.8, 4) is 0 Å². The maximum absolute atomic E-state index is 11.9. The molecule has 2 rings (SSSR count). The zero-order chi connectivity index (χ0) is 13.8. The van der Waals surface area contributed by atoms with Gasteiger partial charge in [0.25, 0.3) is 0 Å². The Kier molecular flexibility index (Phi) is 3.85. The van der Waals surface area contributed by atoms with E-state index in [1.807, 2.05) is 37.3 Å². The Morgan fingerprint density at radius 3 is 2.37 bits per heavy atom. The number of nitrogen functional groups attached to an aromatic ring is 1. The van der Waals surface area contributed by atoms with E-state index >= 15 is 0 Å². The first-order valence-corrected chi connectivity index (χ1v) is 6.26. The number of carbonyl (C=O) groups is 1. The highest BCUT2D eigenvalue weighted by Gasteiger charge is 2.04. The van der Waals surface area contributed by atoms with Gasteiger partial charge in [0.2, 0.25) is 5.91 Å². The van der Waals surface area contributed by atoms with Crippen molar-refractivity contribution < 1.29 is 4.79 Å². The van der Waals surface area contributed by atoms with E-state index in [-0.39, 0.29) is 5.91 Å². The lowest BCUT2D eigenvalue weighted by Gasteiger charge is -2.08. The molecular formula is C16H18N2O. The smallest absolute Gasteiger partial charge is 0.228 e. The molecule has 3 heteroatoms. The maximum atomic E-state index is 11.9. The number of aryl methyl sites for hydroxylation is 2. The second kappa shape index (κ2) is 5.57. The van der Waals surface area contributed by atoms with Crippen LogP contribution in [0.1, 0.15) is 16.7 Å². The van der Waals surface area contributed by atoms with Crippen molar-refractivity contribution in [1.29, 1.82) is 0 Å². The van der Waals surface area contributed by atoms with Crippen LogP contribution in [0.15, 0.2) is 42.5 Å². The summed E-state index contributed by atoms with van der Waals surface area (Å²) >= 11 is 0. The molecule has 0 saturated heterocycles. The van der Waals surface area contributed by atoms with Crippen molar-refractivity contribution in [3.05, 3.63) is 59.2 Å². The number of amides is 1. The van der Waals surface area contributed by atoms with E-state index in [1.54, 1.807) is 12.1 Å². The van der Waals surface area contributed by atoms with Gasteiger partial charge >= 0.3 is 0 Å². The fraction of sp³-hybridized carbons (Fsp3) is 0.188. The molecule has 1 amide bonds. The van der Waals surface area contributed by atoms with E-state index in [2.05, 4.69) is 12.2 Å². The Labute approximate surface area is 113 Å². The molecule has 0 saturated carbocycles. The van der Waals surface area contributed by atoms with Gasteiger partial charge in [0.15, 0.2) is 0 Å². The molecule has 0 bridgehead atoms. The first-order valence-electron chi connectivity index (χ1n) is 6.26. The molecule has 0 spiro atoms. The molecule has 0 aliphatic carbocycles. The van der Waals surface area contributed by atoms with Gasteiger partial charge in [0.05, 0.1) is 6.42 Å². The molecule has 0 heterocycles. The van der Waals surface area contributed by atoms with Crippen LogP contribution in [0, 0.1) is 13.8 Å². The average Bonchev–Trinajstić information content (AvgIpc) is 2.37.